The third-order valence-corrected chi connectivity index (χ3v) is 5.52. The molecule has 3 aromatic rings. The summed E-state index contributed by atoms with van der Waals surface area (Å²) in [5.74, 6) is 2.06. The number of piperazine rings is 1. The van der Waals surface area contributed by atoms with Crippen LogP contribution in [-0.4, -0.2) is 62.4 Å². The normalized spacial score (nSPS) is 14.5. The number of carbonyl (C=O) groups is 1. The first kappa shape index (κ1) is 21.9. The van der Waals surface area contributed by atoms with Crippen LogP contribution in [0.3, 0.4) is 0 Å². The van der Waals surface area contributed by atoms with Crippen molar-refractivity contribution >= 4 is 29.3 Å². The molecule has 4 rings (SSSR count). The molecule has 1 aliphatic rings. The zero-order valence-electron chi connectivity index (χ0n) is 17.1. The summed E-state index contributed by atoms with van der Waals surface area (Å²) < 4.78 is 39.0. The summed E-state index contributed by atoms with van der Waals surface area (Å²) in [6.07, 6.45) is 3.49. The van der Waals surface area contributed by atoms with Gasteiger partial charge in [-0.1, -0.05) is 0 Å². The molecule has 0 spiro atoms. The standard InChI is InChI=1S/C20H20F3N7OS/c1-14-25-17(13-18(26-14)30-8-2-7-24-30)28-9-11-29(12-10-28)19(31)27-15-3-5-16(6-4-15)32-20(21,22)23/h2-8,13H,9-12H2,1H3,(H,27,31). The lowest BCUT2D eigenvalue weighted by Crippen LogP contribution is -2.50. The van der Waals surface area contributed by atoms with E-state index < -0.39 is 5.51 Å². The SMILES string of the molecule is Cc1nc(N2CCN(C(=O)Nc3ccc(SC(F)(F)F)cc3)CC2)cc(-n2cccn2)n1. The zero-order chi connectivity index (χ0) is 22.7. The molecular formula is C20H20F3N7OS. The highest BCUT2D eigenvalue weighted by Crippen LogP contribution is 2.37. The minimum Gasteiger partial charge on any atom is -0.353 e. The number of halogens is 3. The van der Waals surface area contributed by atoms with Crippen molar-refractivity contribution in [3.8, 4) is 5.82 Å². The highest BCUT2D eigenvalue weighted by Gasteiger charge is 2.29. The van der Waals surface area contributed by atoms with Crippen LogP contribution in [-0.2, 0) is 0 Å². The zero-order valence-corrected chi connectivity index (χ0v) is 17.9. The number of amides is 2. The maximum atomic E-state index is 12.6. The molecule has 0 aliphatic carbocycles. The largest absolute Gasteiger partial charge is 0.446 e. The van der Waals surface area contributed by atoms with E-state index in [-0.39, 0.29) is 22.7 Å². The molecule has 0 atom stereocenters. The topological polar surface area (TPSA) is 79.2 Å². The highest BCUT2D eigenvalue weighted by molar-refractivity contribution is 8.00. The Morgan fingerprint density at radius 3 is 2.38 bits per heavy atom. The fourth-order valence-corrected chi connectivity index (χ4v) is 3.84. The first-order valence-electron chi connectivity index (χ1n) is 9.79. The van der Waals surface area contributed by atoms with Crippen molar-refractivity contribution in [2.24, 2.45) is 0 Å². The van der Waals surface area contributed by atoms with Crippen molar-refractivity contribution in [1.29, 1.82) is 0 Å². The number of aryl methyl sites for hydroxylation is 1. The second-order valence-corrected chi connectivity index (χ2v) is 8.20. The molecule has 1 saturated heterocycles. The molecule has 2 amide bonds. The van der Waals surface area contributed by atoms with Crippen LogP contribution in [0.25, 0.3) is 5.82 Å². The lowest BCUT2D eigenvalue weighted by atomic mass is 10.3. The number of benzene rings is 1. The van der Waals surface area contributed by atoms with Crippen LogP contribution < -0.4 is 10.2 Å². The number of anilines is 2. The number of nitrogens with one attached hydrogen (secondary N) is 1. The summed E-state index contributed by atoms with van der Waals surface area (Å²) in [7, 11) is 0. The van der Waals surface area contributed by atoms with Crippen molar-refractivity contribution in [2.75, 3.05) is 36.4 Å². The highest BCUT2D eigenvalue weighted by atomic mass is 32.2. The molecule has 8 nitrogen and oxygen atoms in total. The number of rotatable bonds is 4. The number of carbonyl (C=O) groups excluding carboxylic acids is 1. The molecule has 32 heavy (non-hydrogen) atoms. The maximum absolute atomic E-state index is 12.6. The molecule has 0 radical (unpaired) electrons. The van der Waals surface area contributed by atoms with E-state index in [1.54, 1.807) is 15.8 Å². The predicted octanol–water partition coefficient (Wildman–Crippen LogP) is 3.94. The summed E-state index contributed by atoms with van der Waals surface area (Å²) in [4.78, 5) is 25.3. The van der Waals surface area contributed by atoms with Crippen molar-refractivity contribution in [3.05, 3.63) is 54.6 Å². The van der Waals surface area contributed by atoms with E-state index >= 15 is 0 Å². The van der Waals surface area contributed by atoms with Crippen LogP contribution >= 0.6 is 11.8 Å². The minimum absolute atomic E-state index is 0.0683. The monoisotopic (exact) mass is 463 g/mol. The van der Waals surface area contributed by atoms with E-state index in [0.717, 1.165) is 5.82 Å². The van der Waals surface area contributed by atoms with Gasteiger partial charge in [-0.15, -0.1) is 0 Å². The Morgan fingerprint density at radius 1 is 1.06 bits per heavy atom. The summed E-state index contributed by atoms with van der Waals surface area (Å²) in [5, 5.41) is 6.94. The quantitative estimate of drug-likeness (QED) is 0.591. The third-order valence-electron chi connectivity index (χ3n) is 4.78. The first-order chi connectivity index (χ1) is 15.3. The molecule has 1 fully saturated rings. The number of alkyl halides is 3. The molecule has 1 N–H and O–H groups in total. The second kappa shape index (κ2) is 9.07. The van der Waals surface area contributed by atoms with E-state index in [2.05, 4.69) is 25.3 Å². The average Bonchev–Trinajstić information content (AvgIpc) is 3.29. The molecular weight excluding hydrogens is 443 g/mol. The smallest absolute Gasteiger partial charge is 0.353 e. The van der Waals surface area contributed by atoms with Crippen LogP contribution in [0.15, 0.2) is 53.7 Å². The summed E-state index contributed by atoms with van der Waals surface area (Å²) >= 11 is -0.189. The van der Waals surface area contributed by atoms with Gasteiger partial charge < -0.3 is 15.1 Å². The van der Waals surface area contributed by atoms with Gasteiger partial charge in [-0.3, -0.25) is 0 Å². The minimum atomic E-state index is -4.34. The Bertz CT molecular complexity index is 1070. The van der Waals surface area contributed by atoms with Gasteiger partial charge in [0.1, 0.15) is 11.6 Å². The molecule has 0 unspecified atom stereocenters. The summed E-state index contributed by atoms with van der Waals surface area (Å²) in [5.41, 5.74) is -3.90. The van der Waals surface area contributed by atoms with Crippen LogP contribution in [0.4, 0.5) is 29.5 Å². The Labute approximate surface area is 186 Å². The molecule has 1 aliphatic heterocycles. The van der Waals surface area contributed by atoms with E-state index in [1.807, 2.05) is 25.3 Å². The van der Waals surface area contributed by atoms with Gasteiger partial charge in [0.05, 0.1) is 0 Å². The maximum Gasteiger partial charge on any atom is 0.446 e. The number of hydrogen-bond donors (Lipinski definition) is 1. The lowest BCUT2D eigenvalue weighted by molar-refractivity contribution is -0.0328. The second-order valence-electron chi connectivity index (χ2n) is 7.06. The molecule has 0 saturated carbocycles. The first-order valence-corrected chi connectivity index (χ1v) is 10.6. The van der Waals surface area contributed by atoms with Gasteiger partial charge in [-0.05, 0) is 49.0 Å². The number of hydrogen-bond acceptors (Lipinski definition) is 6. The molecule has 0 bridgehead atoms. The van der Waals surface area contributed by atoms with Crippen LogP contribution in [0.5, 0.6) is 0 Å². The van der Waals surface area contributed by atoms with Crippen LogP contribution in [0.1, 0.15) is 5.82 Å². The van der Waals surface area contributed by atoms with Crippen molar-refractivity contribution in [3.63, 3.8) is 0 Å². The van der Waals surface area contributed by atoms with Crippen LogP contribution in [0, 0.1) is 6.92 Å². The fourth-order valence-electron chi connectivity index (χ4n) is 3.30. The predicted molar refractivity (Wildman–Crippen MR) is 115 cm³/mol. The van der Waals surface area contributed by atoms with Gasteiger partial charge in [0.15, 0.2) is 5.82 Å². The van der Waals surface area contributed by atoms with Gasteiger partial charge >= 0.3 is 11.5 Å². The lowest BCUT2D eigenvalue weighted by Gasteiger charge is -2.35. The van der Waals surface area contributed by atoms with Crippen molar-refractivity contribution < 1.29 is 18.0 Å². The number of urea groups is 1. The van der Waals surface area contributed by atoms with Crippen molar-refractivity contribution in [2.45, 2.75) is 17.3 Å². The average molecular weight is 463 g/mol. The third kappa shape index (κ3) is 5.49. The van der Waals surface area contributed by atoms with E-state index in [1.165, 1.54) is 24.3 Å². The molecule has 1 aromatic carbocycles. The molecule has 168 valence electrons. The summed E-state index contributed by atoms with van der Waals surface area (Å²) in [6.45, 7) is 3.95. The Balaban J connectivity index is 1.34. The fraction of sp³-hybridized carbons (Fsp3) is 0.300. The van der Waals surface area contributed by atoms with E-state index in [0.29, 0.717) is 43.5 Å². The Morgan fingerprint density at radius 2 is 1.75 bits per heavy atom. The van der Waals surface area contributed by atoms with Gasteiger partial charge in [-0.2, -0.15) is 18.3 Å². The van der Waals surface area contributed by atoms with Gasteiger partial charge in [0, 0.05) is 55.2 Å². The van der Waals surface area contributed by atoms with E-state index in [9.17, 15) is 18.0 Å². The molecule has 2 aromatic heterocycles. The van der Waals surface area contributed by atoms with Gasteiger partial charge in [0.25, 0.3) is 0 Å². The Hall–Kier alpha value is -3.28. The van der Waals surface area contributed by atoms with Gasteiger partial charge in [0.2, 0.25) is 0 Å². The van der Waals surface area contributed by atoms with Crippen LogP contribution in [0.2, 0.25) is 0 Å². The Kier molecular flexibility index (Phi) is 6.21. The van der Waals surface area contributed by atoms with E-state index in [4.69, 9.17) is 0 Å². The molecule has 3 heterocycles. The number of nitrogens with zero attached hydrogens (tertiary/aromatic N) is 6. The van der Waals surface area contributed by atoms with Crippen molar-refractivity contribution in [1.82, 2.24) is 24.6 Å². The summed E-state index contributed by atoms with van der Waals surface area (Å²) in [6, 6.07) is 8.97. The van der Waals surface area contributed by atoms with Gasteiger partial charge in [-0.25, -0.2) is 19.4 Å². The number of thioether (sulfide) groups is 1. The number of aromatic nitrogens is 4. The molecule has 12 heteroatoms.